The van der Waals surface area contributed by atoms with Crippen molar-refractivity contribution in [3.63, 3.8) is 0 Å². The lowest BCUT2D eigenvalue weighted by atomic mass is 10.1. The molecule has 2 heteroatoms. The minimum Gasteiger partial charge on any atom is -0.309 e. The number of anilines is 1. The third-order valence-corrected chi connectivity index (χ3v) is 3.95. The van der Waals surface area contributed by atoms with E-state index in [2.05, 4.69) is 32.0 Å². The number of amides is 1. The van der Waals surface area contributed by atoms with Gasteiger partial charge in [-0.25, -0.2) is 0 Å². The Morgan fingerprint density at radius 3 is 2.60 bits per heavy atom. The van der Waals surface area contributed by atoms with Crippen molar-refractivity contribution >= 4 is 11.6 Å². The van der Waals surface area contributed by atoms with Crippen molar-refractivity contribution in [2.24, 2.45) is 0 Å². The number of rotatable bonds is 2. The molecule has 0 saturated carbocycles. The van der Waals surface area contributed by atoms with Gasteiger partial charge in [0, 0.05) is 11.7 Å². The summed E-state index contributed by atoms with van der Waals surface area (Å²) in [4.78, 5) is 14.6. The molecule has 0 bridgehead atoms. The zero-order valence-corrected chi connectivity index (χ0v) is 12.0. The van der Waals surface area contributed by atoms with Crippen LogP contribution >= 0.6 is 0 Å². The number of benzene rings is 2. The molecule has 2 nitrogen and oxygen atoms in total. The number of carbonyl (C=O) groups is 1. The highest BCUT2D eigenvalue weighted by atomic mass is 16.2. The normalized spacial score (nSPS) is 17.1. The summed E-state index contributed by atoms with van der Waals surface area (Å²) in [5.41, 5.74) is 4.66. The Hall–Kier alpha value is -2.09. The van der Waals surface area contributed by atoms with E-state index in [0.29, 0.717) is 6.42 Å². The number of hydrogen-bond acceptors (Lipinski definition) is 1. The summed E-state index contributed by atoms with van der Waals surface area (Å²) in [6.45, 7) is 4.18. The number of nitrogens with zero attached hydrogens (tertiary/aromatic N) is 1. The molecule has 20 heavy (non-hydrogen) atoms. The topological polar surface area (TPSA) is 20.3 Å². The van der Waals surface area contributed by atoms with Gasteiger partial charge in [-0.3, -0.25) is 4.79 Å². The summed E-state index contributed by atoms with van der Waals surface area (Å²) in [7, 11) is 0. The summed E-state index contributed by atoms with van der Waals surface area (Å²) >= 11 is 0. The van der Waals surface area contributed by atoms with Gasteiger partial charge in [0.15, 0.2) is 0 Å². The fourth-order valence-corrected chi connectivity index (χ4v) is 2.91. The molecule has 0 N–H and O–H groups in total. The van der Waals surface area contributed by atoms with Crippen LogP contribution in [0.25, 0.3) is 0 Å². The minimum atomic E-state index is 0.186. The molecule has 0 spiro atoms. The third kappa shape index (κ3) is 2.34. The summed E-state index contributed by atoms with van der Waals surface area (Å²) in [6, 6.07) is 16.7. The highest BCUT2D eigenvalue weighted by molar-refractivity contribution is 5.97. The SMILES string of the molecule is Cc1ccc(CC(=O)N2c3ccccc3CC2C)cc1. The van der Waals surface area contributed by atoms with Crippen molar-refractivity contribution in [2.75, 3.05) is 4.90 Å². The zero-order valence-electron chi connectivity index (χ0n) is 12.0. The maximum Gasteiger partial charge on any atom is 0.231 e. The standard InChI is InChI=1S/C18H19NO/c1-13-7-9-15(10-8-13)12-18(20)19-14(2)11-16-5-3-4-6-17(16)19/h3-10,14H,11-12H2,1-2H3. The van der Waals surface area contributed by atoms with Crippen molar-refractivity contribution < 1.29 is 4.79 Å². The number of aryl methyl sites for hydroxylation is 1. The third-order valence-electron chi connectivity index (χ3n) is 3.95. The van der Waals surface area contributed by atoms with Crippen LogP contribution in [0.2, 0.25) is 0 Å². The van der Waals surface area contributed by atoms with Crippen LogP contribution in [-0.2, 0) is 17.6 Å². The van der Waals surface area contributed by atoms with E-state index in [-0.39, 0.29) is 11.9 Å². The fourth-order valence-electron chi connectivity index (χ4n) is 2.91. The van der Waals surface area contributed by atoms with Crippen LogP contribution in [0.5, 0.6) is 0 Å². The molecule has 0 fully saturated rings. The van der Waals surface area contributed by atoms with Gasteiger partial charge in [-0.15, -0.1) is 0 Å². The smallest absolute Gasteiger partial charge is 0.231 e. The number of fused-ring (bicyclic) bond motifs is 1. The van der Waals surface area contributed by atoms with E-state index in [1.165, 1.54) is 11.1 Å². The van der Waals surface area contributed by atoms with Crippen molar-refractivity contribution in [2.45, 2.75) is 32.7 Å². The van der Waals surface area contributed by atoms with Gasteiger partial charge in [-0.05, 0) is 37.5 Å². The predicted molar refractivity (Wildman–Crippen MR) is 82.0 cm³/mol. The first-order valence-electron chi connectivity index (χ1n) is 7.10. The van der Waals surface area contributed by atoms with E-state index in [1.54, 1.807) is 0 Å². The van der Waals surface area contributed by atoms with Crippen LogP contribution in [-0.4, -0.2) is 11.9 Å². The molecule has 2 aromatic carbocycles. The Labute approximate surface area is 120 Å². The monoisotopic (exact) mass is 265 g/mol. The molecular weight excluding hydrogens is 246 g/mol. The van der Waals surface area contributed by atoms with E-state index in [9.17, 15) is 4.79 Å². The maximum atomic E-state index is 12.6. The molecule has 0 aromatic heterocycles. The van der Waals surface area contributed by atoms with E-state index in [4.69, 9.17) is 0 Å². The van der Waals surface area contributed by atoms with Gasteiger partial charge in [0.25, 0.3) is 0 Å². The second kappa shape index (κ2) is 5.12. The molecule has 3 rings (SSSR count). The van der Waals surface area contributed by atoms with E-state index >= 15 is 0 Å². The first kappa shape index (κ1) is 12.9. The highest BCUT2D eigenvalue weighted by Crippen LogP contribution is 2.32. The average Bonchev–Trinajstić information content (AvgIpc) is 2.77. The van der Waals surface area contributed by atoms with Gasteiger partial charge in [-0.2, -0.15) is 0 Å². The van der Waals surface area contributed by atoms with Gasteiger partial charge in [-0.1, -0.05) is 48.0 Å². The van der Waals surface area contributed by atoms with Gasteiger partial charge in [0.1, 0.15) is 0 Å². The van der Waals surface area contributed by atoms with Gasteiger partial charge >= 0.3 is 0 Å². The molecule has 1 unspecified atom stereocenters. The van der Waals surface area contributed by atoms with Crippen LogP contribution in [0.1, 0.15) is 23.6 Å². The lowest BCUT2D eigenvalue weighted by molar-refractivity contribution is -0.118. The summed E-state index contributed by atoms with van der Waals surface area (Å²) in [5, 5.41) is 0. The van der Waals surface area contributed by atoms with Gasteiger partial charge in [0.2, 0.25) is 5.91 Å². The Balaban J connectivity index is 1.82. The number of hydrogen-bond donors (Lipinski definition) is 0. The lowest BCUT2D eigenvalue weighted by Gasteiger charge is -2.22. The second-order valence-electron chi connectivity index (χ2n) is 5.61. The Bertz CT molecular complexity index is 630. The molecule has 2 aromatic rings. The van der Waals surface area contributed by atoms with Gasteiger partial charge < -0.3 is 4.90 Å². The largest absolute Gasteiger partial charge is 0.309 e. The minimum absolute atomic E-state index is 0.186. The maximum absolute atomic E-state index is 12.6. The zero-order chi connectivity index (χ0) is 14.1. The number of carbonyl (C=O) groups excluding carboxylic acids is 1. The summed E-state index contributed by atoms with van der Waals surface area (Å²) < 4.78 is 0. The predicted octanol–water partition coefficient (Wildman–Crippen LogP) is 3.52. The molecule has 102 valence electrons. The van der Waals surface area contributed by atoms with Crippen LogP contribution in [0.15, 0.2) is 48.5 Å². The van der Waals surface area contributed by atoms with E-state index < -0.39 is 0 Å². The van der Waals surface area contributed by atoms with Crippen molar-refractivity contribution in [1.29, 1.82) is 0 Å². The Kier molecular flexibility index (Phi) is 3.31. The van der Waals surface area contributed by atoms with Crippen LogP contribution in [0, 0.1) is 6.92 Å². The Morgan fingerprint density at radius 1 is 1.15 bits per heavy atom. The Morgan fingerprint density at radius 2 is 1.85 bits per heavy atom. The highest BCUT2D eigenvalue weighted by Gasteiger charge is 2.30. The quantitative estimate of drug-likeness (QED) is 0.813. The van der Waals surface area contributed by atoms with Crippen LogP contribution in [0.4, 0.5) is 5.69 Å². The first-order chi connectivity index (χ1) is 9.65. The molecule has 0 saturated heterocycles. The number of para-hydroxylation sites is 1. The first-order valence-corrected chi connectivity index (χ1v) is 7.10. The molecule has 1 amide bonds. The average molecular weight is 265 g/mol. The van der Waals surface area contributed by atoms with Crippen molar-refractivity contribution in [1.82, 2.24) is 0 Å². The summed E-state index contributed by atoms with van der Waals surface area (Å²) in [6.07, 6.45) is 1.43. The lowest BCUT2D eigenvalue weighted by Crippen LogP contribution is -2.36. The van der Waals surface area contributed by atoms with Crippen LogP contribution < -0.4 is 4.90 Å². The molecule has 0 aliphatic carbocycles. The second-order valence-corrected chi connectivity index (χ2v) is 5.61. The van der Waals surface area contributed by atoms with Crippen LogP contribution in [0.3, 0.4) is 0 Å². The molecule has 1 heterocycles. The molecule has 1 atom stereocenters. The fraction of sp³-hybridized carbons (Fsp3) is 0.278. The van der Waals surface area contributed by atoms with E-state index in [1.807, 2.05) is 35.2 Å². The molecule has 1 aliphatic heterocycles. The van der Waals surface area contributed by atoms with E-state index in [0.717, 1.165) is 17.7 Å². The van der Waals surface area contributed by atoms with Gasteiger partial charge in [0.05, 0.1) is 6.42 Å². The summed E-state index contributed by atoms with van der Waals surface area (Å²) in [5.74, 6) is 0.186. The van der Waals surface area contributed by atoms with Crippen molar-refractivity contribution in [3.8, 4) is 0 Å². The molecule has 1 aliphatic rings. The molecular formula is C18H19NO. The molecule has 0 radical (unpaired) electrons. The van der Waals surface area contributed by atoms with Crippen molar-refractivity contribution in [3.05, 3.63) is 65.2 Å².